The zero-order valence-electron chi connectivity index (χ0n) is 9.17. The lowest BCUT2D eigenvalue weighted by Gasteiger charge is -2.12. The molecule has 0 bridgehead atoms. The van der Waals surface area contributed by atoms with Crippen LogP contribution in [-0.2, 0) is 6.54 Å². The molecular weight excluding hydrogens is 242 g/mol. The first kappa shape index (κ1) is 12.3. The van der Waals surface area contributed by atoms with E-state index in [-0.39, 0.29) is 17.7 Å². The van der Waals surface area contributed by atoms with Gasteiger partial charge >= 0.3 is 0 Å². The molecule has 0 radical (unpaired) electrons. The minimum atomic E-state index is -0.653. The summed E-state index contributed by atoms with van der Waals surface area (Å²) in [5.41, 5.74) is 0.0288. The lowest BCUT2D eigenvalue weighted by atomic mass is 10.1. The molecule has 2 nitrogen and oxygen atoms in total. The Balaban J connectivity index is 2.07. The van der Waals surface area contributed by atoms with Crippen LogP contribution >= 0.6 is 11.8 Å². The van der Waals surface area contributed by atoms with E-state index in [9.17, 15) is 8.78 Å². The fourth-order valence-electron chi connectivity index (χ4n) is 1.78. The first-order chi connectivity index (χ1) is 8.20. The van der Waals surface area contributed by atoms with Crippen LogP contribution in [0, 0.1) is 23.0 Å². The van der Waals surface area contributed by atoms with E-state index in [0.717, 1.165) is 30.1 Å². The first-order valence-electron chi connectivity index (χ1n) is 5.40. The molecule has 1 aromatic rings. The number of halogens is 2. The standard InChI is InChI=1S/C12H12F2N2S/c13-11-3-8(5-15)4-12(14)10(11)6-16-9-1-2-17-7-9/h3-4,9,16H,1-2,6-7H2. The molecule has 1 saturated heterocycles. The highest BCUT2D eigenvalue weighted by Gasteiger charge is 2.17. The average molecular weight is 254 g/mol. The lowest BCUT2D eigenvalue weighted by Crippen LogP contribution is -2.28. The monoisotopic (exact) mass is 254 g/mol. The summed E-state index contributed by atoms with van der Waals surface area (Å²) in [6.45, 7) is 0.175. The fourth-order valence-corrected chi connectivity index (χ4v) is 2.97. The third kappa shape index (κ3) is 2.96. The number of benzene rings is 1. The molecule has 90 valence electrons. The van der Waals surface area contributed by atoms with E-state index in [1.165, 1.54) is 0 Å². The second-order valence-corrected chi connectivity index (χ2v) is 5.12. The maximum atomic E-state index is 13.5. The molecular formula is C12H12F2N2S. The molecule has 1 aliphatic rings. The van der Waals surface area contributed by atoms with Crippen molar-refractivity contribution in [1.29, 1.82) is 5.26 Å². The van der Waals surface area contributed by atoms with Crippen LogP contribution in [0.1, 0.15) is 17.5 Å². The van der Waals surface area contributed by atoms with Gasteiger partial charge in [0.05, 0.1) is 11.6 Å². The summed E-state index contributed by atoms with van der Waals surface area (Å²) in [5, 5.41) is 11.7. The van der Waals surface area contributed by atoms with Crippen LogP contribution in [-0.4, -0.2) is 17.5 Å². The van der Waals surface area contributed by atoms with Gasteiger partial charge < -0.3 is 5.32 Å². The summed E-state index contributed by atoms with van der Waals surface area (Å²) in [7, 11) is 0. The minimum Gasteiger partial charge on any atom is -0.309 e. The Bertz CT molecular complexity index is 427. The number of rotatable bonds is 3. The number of nitrogens with zero attached hydrogens (tertiary/aromatic N) is 1. The molecule has 17 heavy (non-hydrogen) atoms. The molecule has 1 fully saturated rings. The summed E-state index contributed by atoms with van der Waals surface area (Å²) in [4.78, 5) is 0. The molecule has 1 aliphatic heterocycles. The largest absolute Gasteiger partial charge is 0.309 e. The predicted molar refractivity (Wildman–Crippen MR) is 63.6 cm³/mol. The molecule has 1 aromatic carbocycles. The highest BCUT2D eigenvalue weighted by Crippen LogP contribution is 2.19. The van der Waals surface area contributed by atoms with Crippen molar-refractivity contribution in [1.82, 2.24) is 5.32 Å². The van der Waals surface area contributed by atoms with E-state index in [1.54, 1.807) is 6.07 Å². The van der Waals surface area contributed by atoms with Crippen LogP contribution in [0.3, 0.4) is 0 Å². The summed E-state index contributed by atoms with van der Waals surface area (Å²) >= 11 is 1.84. The van der Waals surface area contributed by atoms with Crippen molar-refractivity contribution in [2.45, 2.75) is 19.0 Å². The zero-order valence-corrected chi connectivity index (χ0v) is 9.99. The molecule has 1 unspecified atom stereocenters. The van der Waals surface area contributed by atoms with Crippen molar-refractivity contribution in [3.05, 3.63) is 34.9 Å². The van der Waals surface area contributed by atoms with Gasteiger partial charge in [-0.3, -0.25) is 0 Å². The van der Waals surface area contributed by atoms with E-state index in [1.807, 2.05) is 11.8 Å². The number of nitriles is 1. The van der Waals surface area contributed by atoms with Gasteiger partial charge in [0.2, 0.25) is 0 Å². The number of hydrogen-bond acceptors (Lipinski definition) is 3. The Morgan fingerprint density at radius 1 is 1.41 bits per heavy atom. The SMILES string of the molecule is N#Cc1cc(F)c(CNC2CCSC2)c(F)c1. The second kappa shape index (κ2) is 5.48. The normalized spacial score (nSPS) is 19.2. The summed E-state index contributed by atoms with van der Waals surface area (Å²) in [6.07, 6.45) is 1.03. The Kier molecular flexibility index (Phi) is 3.97. The fraction of sp³-hybridized carbons (Fsp3) is 0.417. The second-order valence-electron chi connectivity index (χ2n) is 3.97. The van der Waals surface area contributed by atoms with Gasteiger partial charge in [0, 0.05) is 23.9 Å². The highest BCUT2D eigenvalue weighted by molar-refractivity contribution is 7.99. The van der Waals surface area contributed by atoms with Crippen LogP contribution in [0.2, 0.25) is 0 Å². The maximum absolute atomic E-state index is 13.5. The van der Waals surface area contributed by atoms with Gasteiger partial charge in [-0.25, -0.2) is 8.78 Å². The van der Waals surface area contributed by atoms with Crippen molar-refractivity contribution in [2.24, 2.45) is 0 Å². The number of hydrogen-bond donors (Lipinski definition) is 1. The van der Waals surface area contributed by atoms with Gasteiger partial charge in [-0.1, -0.05) is 0 Å². The smallest absolute Gasteiger partial charge is 0.131 e. The van der Waals surface area contributed by atoms with Gasteiger partial charge in [-0.15, -0.1) is 0 Å². The van der Waals surface area contributed by atoms with E-state index in [4.69, 9.17) is 5.26 Å². The van der Waals surface area contributed by atoms with Crippen LogP contribution in [0.5, 0.6) is 0 Å². The number of nitrogens with one attached hydrogen (secondary N) is 1. The lowest BCUT2D eigenvalue weighted by molar-refractivity contribution is 0.503. The topological polar surface area (TPSA) is 35.8 Å². The van der Waals surface area contributed by atoms with E-state index in [2.05, 4.69) is 5.32 Å². The summed E-state index contributed by atoms with van der Waals surface area (Å²) in [5.74, 6) is 0.773. The quantitative estimate of drug-likeness (QED) is 0.900. The van der Waals surface area contributed by atoms with E-state index in [0.29, 0.717) is 6.04 Å². The number of thioether (sulfide) groups is 1. The summed E-state index contributed by atoms with van der Waals surface area (Å²) < 4.78 is 27.1. The van der Waals surface area contributed by atoms with Gasteiger partial charge in [0.1, 0.15) is 11.6 Å². The summed E-state index contributed by atoms with van der Waals surface area (Å²) in [6, 6.07) is 4.20. The molecule has 0 saturated carbocycles. The van der Waals surface area contributed by atoms with Crippen molar-refractivity contribution >= 4 is 11.8 Å². The Morgan fingerprint density at radius 2 is 2.12 bits per heavy atom. The van der Waals surface area contributed by atoms with Crippen LogP contribution < -0.4 is 5.32 Å². The molecule has 1 N–H and O–H groups in total. The third-order valence-corrected chi connectivity index (χ3v) is 3.93. The van der Waals surface area contributed by atoms with Crippen molar-refractivity contribution in [3.63, 3.8) is 0 Å². The van der Waals surface area contributed by atoms with Gasteiger partial charge in [0.15, 0.2) is 0 Å². The minimum absolute atomic E-state index is 0.0140. The van der Waals surface area contributed by atoms with Crippen molar-refractivity contribution in [3.8, 4) is 6.07 Å². The Hall–Kier alpha value is -1.12. The van der Waals surface area contributed by atoms with Gasteiger partial charge in [-0.05, 0) is 24.3 Å². The van der Waals surface area contributed by atoms with Crippen molar-refractivity contribution < 1.29 is 8.78 Å². The molecule has 0 amide bonds. The predicted octanol–water partition coefficient (Wildman–Crippen LogP) is 2.43. The van der Waals surface area contributed by atoms with E-state index >= 15 is 0 Å². The molecule has 0 spiro atoms. The van der Waals surface area contributed by atoms with Crippen LogP contribution in [0.4, 0.5) is 8.78 Å². The molecule has 0 aromatic heterocycles. The first-order valence-corrected chi connectivity index (χ1v) is 6.55. The maximum Gasteiger partial charge on any atom is 0.131 e. The Morgan fingerprint density at radius 3 is 2.65 bits per heavy atom. The molecule has 2 rings (SSSR count). The third-order valence-electron chi connectivity index (χ3n) is 2.77. The molecule has 1 heterocycles. The van der Waals surface area contributed by atoms with Crippen LogP contribution in [0.25, 0.3) is 0 Å². The highest BCUT2D eigenvalue weighted by atomic mass is 32.2. The average Bonchev–Trinajstić information content (AvgIpc) is 2.80. The van der Waals surface area contributed by atoms with Gasteiger partial charge in [-0.2, -0.15) is 17.0 Å². The van der Waals surface area contributed by atoms with Crippen LogP contribution in [0.15, 0.2) is 12.1 Å². The van der Waals surface area contributed by atoms with Crippen molar-refractivity contribution in [2.75, 3.05) is 11.5 Å². The molecule has 0 aliphatic carbocycles. The van der Waals surface area contributed by atoms with E-state index < -0.39 is 11.6 Å². The zero-order chi connectivity index (χ0) is 12.3. The Labute approximate surface area is 103 Å². The molecule has 5 heteroatoms. The molecule has 1 atom stereocenters. The van der Waals surface area contributed by atoms with Gasteiger partial charge in [0.25, 0.3) is 0 Å².